The molecule has 0 radical (unpaired) electrons. The summed E-state index contributed by atoms with van der Waals surface area (Å²) in [5.74, 6) is -6.65. The lowest BCUT2D eigenvalue weighted by atomic mass is 9.84. The monoisotopic (exact) mass is 683 g/mol. The zero-order valence-corrected chi connectivity index (χ0v) is 23.8. The van der Waals surface area contributed by atoms with E-state index >= 15 is 0 Å². The largest absolute Gasteiger partial charge is 0.490 e. The van der Waals surface area contributed by atoms with Crippen molar-refractivity contribution in [1.82, 2.24) is 14.8 Å². The molecule has 260 valence electrons. The molecule has 2 aromatic rings. The topological polar surface area (TPSA) is 154 Å². The number of piperidine rings is 1. The SMILES string of the molecule is CN(Cc1ccco1)[C@@H]1CN(Cc2ccccn2)C[C@@H]2CCCO[C@@H]21.O=C(O)C(F)(F)F.O=C(O)C(F)(F)F.O=C(O)C(F)(F)F. The predicted octanol–water partition coefficient (Wildman–Crippen LogP) is 4.69. The van der Waals surface area contributed by atoms with Gasteiger partial charge in [0.1, 0.15) is 5.76 Å². The van der Waals surface area contributed by atoms with Gasteiger partial charge in [-0.05, 0) is 50.1 Å². The van der Waals surface area contributed by atoms with Crippen molar-refractivity contribution in [3.05, 3.63) is 54.2 Å². The second-order valence-corrected chi connectivity index (χ2v) is 9.72. The lowest BCUT2D eigenvalue weighted by molar-refractivity contribution is -0.193. The van der Waals surface area contributed by atoms with Gasteiger partial charge in [-0.2, -0.15) is 39.5 Å². The van der Waals surface area contributed by atoms with E-state index in [2.05, 4.69) is 34.0 Å². The van der Waals surface area contributed by atoms with Crippen LogP contribution in [0.1, 0.15) is 24.3 Å². The second-order valence-electron chi connectivity index (χ2n) is 9.72. The summed E-state index contributed by atoms with van der Waals surface area (Å²) in [5, 5.41) is 21.4. The molecular weight excluding hydrogens is 653 g/mol. The van der Waals surface area contributed by atoms with Crippen molar-refractivity contribution in [2.45, 2.75) is 56.6 Å². The zero-order valence-electron chi connectivity index (χ0n) is 23.8. The molecule has 0 amide bonds. The Labute approximate surface area is 255 Å². The van der Waals surface area contributed by atoms with Crippen LogP contribution in [0.2, 0.25) is 0 Å². The van der Waals surface area contributed by atoms with Crippen LogP contribution in [0.3, 0.4) is 0 Å². The van der Waals surface area contributed by atoms with E-state index in [-0.39, 0.29) is 0 Å². The highest BCUT2D eigenvalue weighted by molar-refractivity contribution is 5.73. The van der Waals surface area contributed by atoms with Gasteiger partial charge in [0.05, 0.1) is 24.6 Å². The van der Waals surface area contributed by atoms with E-state index < -0.39 is 36.4 Å². The number of nitrogens with zero attached hydrogens (tertiary/aromatic N) is 3. The maximum absolute atomic E-state index is 10.6. The molecule has 0 bridgehead atoms. The minimum atomic E-state index is -5.08. The van der Waals surface area contributed by atoms with Crippen LogP contribution >= 0.6 is 0 Å². The van der Waals surface area contributed by atoms with Gasteiger partial charge in [0.25, 0.3) is 0 Å². The number of hydrogen-bond donors (Lipinski definition) is 3. The maximum Gasteiger partial charge on any atom is 0.490 e. The normalized spacial score (nSPS) is 20.0. The molecule has 2 aliphatic rings. The molecule has 20 heteroatoms. The first-order valence-electron chi connectivity index (χ1n) is 13.0. The third-order valence-electron chi connectivity index (χ3n) is 6.20. The molecule has 4 rings (SSSR count). The number of fused-ring (bicyclic) bond motifs is 1. The predicted molar refractivity (Wildman–Crippen MR) is 137 cm³/mol. The van der Waals surface area contributed by atoms with E-state index in [1.807, 2.05) is 24.4 Å². The Morgan fingerprint density at radius 2 is 1.43 bits per heavy atom. The minimum absolute atomic E-state index is 0.327. The van der Waals surface area contributed by atoms with Crippen LogP contribution in [0.5, 0.6) is 0 Å². The molecule has 0 unspecified atom stereocenters. The van der Waals surface area contributed by atoms with Crippen LogP contribution in [0.15, 0.2) is 47.2 Å². The number of hydrogen-bond acceptors (Lipinski definition) is 8. The van der Waals surface area contributed by atoms with Gasteiger partial charge >= 0.3 is 36.4 Å². The molecule has 2 saturated heterocycles. The molecule has 3 atom stereocenters. The van der Waals surface area contributed by atoms with Crippen LogP contribution in [0.25, 0.3) is 0 Å². The summed E-state index contributed by atoms with van der Waals surface area (Å²) in [6, 6.07) is 10.5. The molecule has 0 aliphatic carbocycles. The first kappa shape index (κ1) is 40.1. The van der Waals surface area contributed by atoms with E-state index in [0.29, 0.717) is 18.1 Å². The van der Waals surface area contributed by atoms with Gasteiger partial charge in [0, 0.05) is 38.5 Å². The van der Waals surface area contributed by atoms with Crippen LogP contribution in [0, 0.1) is 5.92 Å². The summed E-state index contributed by atoms with van der Waals surface area (Å²) in [5.41, 5.74) is 1.14. The van der Waals surface area contributed by atoms with Gasteiger partial charge in [0.2, 0.25) is 0 Å². The van der Waals surface area contributed by atoms with Crippen LogP contribution < -0.4 is 0 Å². The molecule has 0 aromatic carbocycles. The van der Waals surface area contributed by atoms with Crippen LogP contribution in [-0.2, 0) is 32.2 Å². The van der Waals surface area contributed by atoms with E-state index in [4.69, 9.17) is 38.9 Å². The number of alkyl halides is 9. The Morgan fingerprint density at radius 1 is 0.891 bits per heavy atom. The number of carbonyl (C=O) groups is 3. The Bertz CT molecular complexity index is 1150. The van der Waals surface area contributed by atoms with Crippen molar-refractivity contribution < 1.29 is 78.4 Å². The third-order valence-corrected chi connectivity index (χ3v) is 6.20. The summed E-state index contributed by atoms with van der Waals surface area (Å²) in [6.07, 6.45) is -8.86. The number of aliphatic carboxylic acids is 3. The summed E-state index contributed by atoms with van der Waals surface area (Å²) in [7, 11) is 2.19. The Balaban J connectivity index is 0.000000413. The molecule has 0 spiro atoms. The van der Waals surface area contributed by atoms with Crippen molar-refractivity contribution in [2.24, 2.45) is 5.92 Å². The number of halogens is 9. The number of furan rings is 1. The average Bonchev–Trinajstić information content (AvgIpc) is 3.45. The smallest absolute Gasteiger partial charge is 0.475 e. The standard InChI is InChI=1S/C20H27N3O2.3C2HF3O2/c1-22(14-18-8-5-10-24-18)19-15-23(13-17-7-2-3-9-21-17)12-16-6-4-11-25-20(16)19;3*3-2(4,5)1(6)7/h2-3,5,7-10,16,19-20H,4,6,11-15H2,1H3;3*(H,6,7)/t16-,19+,20-;;;/m0.../s1. The average molecular weight is 684 g/mol. The molecule has 46 heavy (non-hydrogen) atoms. The molecule has 0 saturated carbocycles. The van der Waals surface area contributed by atoms with Crippen LogP contribution in [0.4, 0.5) is 39.5 Å². The number of aromatic nitrogens is 1. The highest BCUT2D eigenvalue weighted by atomic mass is 19.4. The Hall–Kier alpha value is -3.91. The number of pyridine rings is 1. The van der Waals surface area contributed by atoms with Gasteiger partial charge in [-0.25, -0.2) is 14.4 Å². The second kappa shape index (κ2) is 17.7. The van der Waals surface area contributed by atoms with Gasteiger partial charge in [-0.3, -0.25) is 14.8 Å². The maximum atomic E-state index is 10.6. The van der Waals surface area contributed by atoms with E-state index in [1.54, 1.807) is 6.26 Å². The van der Waals surface area contributed by atoms with Crippen molar-refractivity contribution in [3.8, 4) is 0 Å². The fourth-order valence-electron chi connectivity index (χ4n) is 4.27. The molecule has 2 aromatic heterocycles. The number of ether oxygens (including phenoxy) is 1. The van der Waals surface area contributed by atoms with Gasteiger partial charge in [0.15, 0.2) is 0 Å². The zero-order chi connectivity index (χ0) is 35.3. The number of likely N-dealkylation sites (N-methyl/N-ethyl adjacent to an activating group) is 1. The number of rotatable bonds is 5. The molecule has 2 aliphatic heterocycles. The minimum Gasteiger partial charge on any atom is -0.475 e. The lowest BCUT2D eigenvalue weighted by Gasteiger charge is -2.48. The summed E-state index contributed by atoms with van der Waals surface area (Å²) < 4.78 is 107. The quantitative estimate of drug-likeness (QED) is 0.377. The molecule has 2 fully saturated rings. The van der Waals surface area contributed by atoms with Gasteiger partial charge in [-0.1, -0.05) is 6.07 Å². The summed E-state index contributed by atoms with van der Waals surface area (Å²) in [6.45, 7) is 4.74. The third kappa shape index (κ3) is 14.9. The van der Waals surface area contributed by atoms with Crippen molar-refractivity contribution in [2.75, 3.05) is 26.7 Å². The van der Waals surface area contributed by atoms with Crippen molar-refractivity contribution in [1.29, 1.82) is 0 Å². The Morgan fingerprint density at radius 3 is 1.87 bits per heavy atom. The summed E-state index contributed by atoms with van der Waals surface area (Å²) in [4.78, 5) is 36.1. The molecule has 3 N–H and O–H groups in total. The van der Waals surface area contributed by atoms with E-state index in [9.17, 15) is 39.5 Å². The van der Waals surface area contributed by atoms with E-state index in [1.165, 1.54) is 12.8 Å². The number of carboxylic acids is 3. The van der Waals surface area contributed by atoms with Crippen molar-refractivity contribution in [3.63, 3.8) is 0 Å². The highest BCUT2D eigenvalue weighted by Gasteiger charge is 2.42. The first-order valence-corrected chi connectivity index (χ1v) is 13.0. The fraction of sp³-hybridized carbons (Fsp3) is 0.538. The lowest BCUT2D eigenvalue weighted by Crippen LogP contribution is -2.59. The fourth-order valence-corrected chi connectivity index (χ4v) is 4.27. The molecule has 11 nitrogen and oxygen atoms in total. The van der Waals surface area contributed by atoms with Crippen molar-refractivity contribution >= 4 is 17.9 Å². The highest BCUT2D eigenvalue weighted by Crippen LogP contribution is 2.32. The van der Waals surface area contributed by atoms with Gasteiger partial charge < -0.3 is 24.5 Å². The molecular formula is C26H30F9N3O8. The molecule has 4 heterocycles. The van der Waals surface area contributed by atoms with E-state index in [0.717, 1.165) is 44.2 Å². The first-order chi connectivity index (χ1) is 21.1. The Kier molecular flexibility index (Phi) is 15.4. The number of likely N-dealkylation sites (tertiary alicyclic amines) is 1. The van der Waals surface area contributed by atoms with Crippen LogP contribution in [-0.4, -0.2) is 105 Å². The summed E-state index contributed by atoms with van der Waals surface area (Å²) >= 11 is 0. The van der Waals surface area contributed by atoms with Gasteiger partial charge in [-0.15, -0.1) is 0 Å². The number of carboxylic acid groups (broad SMARTS) is 3.